The molecule has 3 fully saturated rings. The summed E-state index contributed by atoms with van der Waals surface area (Å²) < 4.78 is 5.51. The van der Waals surface area contributed by atoms with E-state index in [1.54, 1.807) is 6.08 Å². The van der Waals surface area contributed by atoms with Crippen LogP contribution in [-0.4, -0.2) is 58.8 Å². The number of amidine groups is 2. The van der Waals surface area contributed by atoms with Gasteiger partial charge in [0.15, 0.2) is 0 Å². The third-order valence-electron chi connectivity index (χ3n) is 8.19. The molecule has 0 aromatic heterocycles. The Kier molecular flexibility index (Phi) is 13.2. The van der Waals surface area contributed by atoms with Gasteiger partial charge in [-0.2, -0.15) is 0 Å². The molecule has 4 rings (SSSR count). The Morgan fingerprint density at radius 1 is 1.21 bits per heavy atom. The number of hydrogen-bond donors (Lipinski definition) is 3. The summed E-state index contributed by atoms with van der Waals surface area (Å²) in [4.78, 5) is 16.3. The van der Waals surface area contributed by atoms with Gasteiger partial charge >= 0.3 is 6.09 Å². The lowest BCUT2D eigenvalue weighted by molar-refractivity contribution is 0.00378. The van der Waals surface area contributed by atoms with Gasteiger partial charge in [-0.25, -0.2) is 4.79 Å². The van der Waals surface area contributed by atoms with Gasteiger partial charge in [-0.1, -0.05) is 50.3 Å². The highest BCUT2D eigenvalue weighted by molar-refractivity contribution is 5.98. The quantitative estimate of drug-likeness (QED) is 0.202. The molecule has 7 nitrogen and oxygen atoms in total. The molecule has 1 aromatic carbocycles. The Balaban J connectivity index is 0.000000998. The average Bonchev–Trinajstić information content (AvgIpc) is 3.32. The maximum Gasteiger partial charge on any atom is 0.410 e. The Morgan fingerprint density at radius 2 is 1.79 bits per heavy atom. The van der Waals surface area contributed by atoms with Gasteiger partial charge in [0.1, 0.15) is 12.4 Å². The number of nitrogens with one attached hydrogen (secondary N) is 3. The van der Waals surface area contributed by atoms with Gasteiger partial charge < -0.3 is 19.9 Å². The largest absolute Gasteiger partial charge is 0.445 e. The van der Waals surface area contributed by atoms with Crippen molar-refractivity contribution in [3.8, 4) is 0 Å². The maximum absolute atomic E-state index is 12.5. The minimum absolute atomic E-state index is 0.158. The Morgan fingerprint density at radius 3 is 2.31 bits per heavy atom. The Labute approximate surface area is 237 Å². The normalized spacial score (nSPS) is 22.3. The maximum atomic E-state index is 12.5. The summed E-state index contributed by atoms with van der Waals surface area (Å²) in [5, 5.41) is 20.9. The molecule has 7 heteroatoms. The molecule has 1 spiro atoms. The Hall–Kier alpha value is -2.67. The minimum atomic E-state index is -0.225. The lowest BCUT2D eigenvalue weighted by Crippen LogP contribution is -2.54. The topological polar surface area (TPSA) is 92.5 Å². The van der Waals surface area contributed by atoms with Crippen LogP contribution >= 0.6 is 0 Å². The fourth-order valence-electron chi connectivity index (χ4n) is 6.23. The van der Waals surface area contributed by atoms with Crippen LogP contribution in [0.4, 0.5) is 4.79 Å². The second-order valence-electron chi connectivity index (χ2n) is 11.3. The fourth-order valence-corrected chi connectivity index (χ4v) is 6.23. The van der Waals surface area contributed by atoms with Crippen LogP contribution in [-0.2, 0) is 11.3 Å². The molecule has 2 heterocycles. The number of rotatable bonds is 6. The van der Waals surface area contributed by atoms with E-state index in [1.165, 1.54) is 12.8 Å². The number of allylic oxidation sites excluding steroid dienone is 1. The third kappa shape index (κ3) is 9.20. The lowest BCUT2D eigenvalue weighted by Gasteiger charge is -2.53. The van der Waals surface area contributed by atoms with Crippen LogP contribution in [0.2, 0.25) is 0 Å². The minimum Gasteiger partial charge on any atom is -0.445 e. The second kappa shape index (κ2) is 15.8. The van der Waals surface area contributed by atoms with Crippen LogP contribution in [0.25, 0.3) is 0 Å². The van der Waals surface area contributed by atoms with Gasteiger partial charge in [0.25, 0.3) is 0 Å². The predicted molar refractivity (Wildman–Crippen MR) is 162 cm³/mol. The fraction of sp³-hybridized carbons (Fsp3) is 0.656. The van der Waals surface area contributed by atoms with Crippen molar-refractivity contribution in [2.45, 2.75) is 111 Å². The van der Waals surface area contributed by atoms with Crippen molar-refractivity contribution in [2.75, 3.05) is 13.1 Å². The molecule has 1 saturated carbocycles. The number of amides is 1. The van der Waals surface area contributed by atoms with Gasteiger partial charge in [-0.05, 0) is 83.6 Å². The number of piperidine rings is 1. The molecule has 3 unspecified atom stereocenters. The van der Waals surface area contributed by atoms with Gasteiger partial charge in [0.05, 0.1) is 5.84 Å². The number of likely N-dealkylation sites (tertiary alicyclic amines) is 1. The first-order chi connectivity index (χ1) is 18.7. The van der Waals surface area contributed by atoms with Crippen molar-refractivity contribution in [1.82, 2.24) is 15.1 Å². The summed E-state index contributed by atoms with van der Waals surface area (Å²) in [6.45, 7) is 17.2. The number of carbonyl (C=O) groups excluding carboxylic acids is 1. The van der Waals surface area contributed by atoms with Crippen LogP contribution in [0, 0.1) is 22.2 Å². The van der Waals surface area contributed by atoms with E-state index in [0.717, 1.165) is 50.8 Å². The molecule has 1 aromatic rings. The summed E-state index contributed by atoms with van der Waals surface area (Å²) in [5.41, 5.74) is 1.24. The van der Waals surface area contributed by atoms with E-state index >= 15 is 0 Å². The van der Waals surface area contributed by atoms with Gasteiger partial charge in [-0.3, -0.25) is 10.8 Å². The third-order valence-corrected chi connectivity index (χ3v) is 8.19. The van der Waals surface area contributed by atoms with Gasteiger partial charge in [-0.15, -0.1) is 6.58 Å². The monoisotopic (exact) mass is 539 g/mol. The highest BCUT2D eigenvalue weighted by Crippen LogP contribution is 2.53. The second-order valence-corrected chi connectivity index (χ2v) is 11.3. The zero-order valence-corrected chi connectivity index (χ0v) is 25.3. The van der Waals surface area contributed by atoms with Gasteiger partial charge in [0.2, 0.25) is 0 Å². The van der Waals surface area contributed by atoms with Gasteiger partial charge in [0, 0.05) is 37.1 Å². The summed E-state index contributed by atoms with van der Waals surface area (Å²) >= 11 is 0. The highest BCUT2D eigenvalue weighted by atomic mass is 16.6. The number of carbonyl (C=O) groups is 1. The smallest absolute Gasteiger partial charge is 0.410 e. The molecule has 2 aliphatic heterocycles. The van der Waals surface area contributed by atoms with E-state index in [4.69, 9.17) is 15.6 Å². The molecule has 2 saturated heterocycles. The zero-order valence-electron chi connectivity index (χ0n) is 25.3. The first kappa shape index (κ1) is 32.5. The van der Waals surface area contributed by atoms with E-state index in [2.05, 4.69) is 25.7 Å². The van der Waals surface area contributed by atoms with E-state index in [9.17, 15) is 4.79 Å². The highest BCUT2D eigenvalue weighted by Gasteiger charge is 2.49. The first-order valence-electron chi connectivity index (χ1n) is 14.9. The van der Waals surface area contributed by atoms with Crippen molar-refractivity contribution < 1.29 is 9.53 Å². The number of ether oxygens (including phenoxy) is 1. The molecule has 3 N–H and O–H groups in total. The van der Waals surface area contributed by atoms with Crippen molar-refractivity contribution in [3.05, 3.63) is 48.6 Å². The molecule has 0 bridgehead atoms. The molecule has 218 valence electrons. The van der Waals surface area contributed by atoms with E-state index in [1.807, 2.05) is 67.8 Å². The lowest BCUT2D eigenvalue weighted by atomic mass is 9.57. The summed E-state index contributed by atoms with van der Waals surface area (Å²) in [6.07, 6.45) is 8.82. The molecular formula is C32H53N5O2. The summed E-state index contributed by atoms with van der Waals surface area (Å²) in [5.74, 6) is 1.30. The number of nitrogens with zero attached hydrogens (tertiary/aromatic N) is 2. The van der Waals surface area contributed by atoms with Crippen LogP contribution in [0.5, 0.6) is 0 Å². The van der Waals surface area contributed by atoms with Crippen molar-refractivity contribution in [1.29, 1.82) is 10.8 Å². The molecule has 3 aliphatic rings. The van der Waals surface area contributed by atoms with Crippen LogP contribution in [0.3, 0.4) is 0 Å². The molecule has 1 amide bonds. The number of benzene rings is 1. The standard InChI is InChI=1S/C27H41N5O2.C3H6.C2H6/c1-19-9-10-24(30-19)15-20(2)32(21(3)28)25(29)23-16-27(17-23)11-13-31(14-12-27)26(33)34-18-22-7-5-4-6-8-22;1-3-2;1-2/h4-8,19-20,23-24,28-30H,9-18H2,1-3H3;3H,1H2,2H3;1-2H3. The van der Waals surface area contributed by atoms with E-state index in [-0.39, 0.29) is 23.5 Å². The molecule has 3 atom stereocenters. The molecular weight excluding hydrogens is 486 g/mol. The van der Waals surface area contributed by atoms with Crippen molar-refractivity contribution in [2.24, 2.45) is 11.3 Å². The summed E-state index contributed by atoms with van der Waals surface area (Å²) in [7, 11) is 0. The molecule has 0 radical (unpaired) electrons. The zero-order chi connectivity index (χ0) is 29.0. The van der Waals surface area contributed by atoms with E-state index in [0.29, 0.717) is 30.4 Å². The SMILES string of the molecule is C=CC.CC.CC(=N)N(C(=N)C1CC2(CCN(C(=O)OCc3ccccc3)CC2)C1)C(C)CC1CCC(C)N1. The van der Waals surface area contributed by atoms with Crippen LogP contribution < -0.4 is 5.32 Å². The average molecular weight is 540 g/mol. The van der Waals surface area contributed by atoms with Crippen LogP contribution in [0.15, 0.2) is 43.0 Å². The van der Waals surface area contributed by atoms with E-state index < -0.39 is 0 Å². The van der Waals surface area contributed by atoms with Crippen molar-refractivity contribution >= 4 is 17.8 Å². The predicted octanol–water partition coefficient (Wildman–Crippen LogP) is 7.23. The summed E-state index contributed by atoms with van der Waals surface area (Å²) in [6, 6.07) is 11.0. The van der Waals surface area contributed by atoms with Crippen molar-refractivity contribution in [3.63, 3.8) is 0 Å². The molecule has 39 heavy (non-hydrogen) atoms. The Bertz CT molecular complexity index is 918. The van der Waals surface area contributed by atoms with Crippen LogP contribution in [0.1, 0.15) is 92.1 Å². The number of hydrogen-bond acceptors (Lipinski definition) is 5. The first-order valence-corrected chi connectivity index (χ1v) is 14.9. The molecule has 1 aliphatic carbocycles.